The van der Waals surface area contributed by atoms with Crippen molar-refractivity contribution >= 4 is 46.6 Å². The van der Waals surface area contributed by atoms with E-state index in [2.05, 4.69) is 14.9 Å². The molecule has 8 heteroatoms. The van der Waals surface area contributed by atoms with E-state index in [0.717, 1.165) is 24.5 Å². The summed E-state index contributed by atoms with van der Waals surface area (Å²) < 4.78 is 0. The van der Waals surface area contributed by atoms with Gasteiger partial charge in [0.1, 0.15) is 0 Å². The molecule has 0 saturated carbocycles. The van der Waals surface area contributed by atoms with Crippen molar-refractivity contribution in [3.63, 3.8) is 0 Å². The van der Waals surface area contributed by atoms with Gasteiger partial charge >= 0.3 is 0 Å². The van der Waals surface area contributed by atoms with Crippen LogP contribution in [0.5, 0.6) is 0 Å². The zero-order valence-corrected chi connectivity index (χ0v) is 16.1. The molecule has 0 spiro atoms. The molecule has 0 unspecified atom stereocenters. The first-order chi connectivity index (χ1) is 12.1. The molecule has 132 valence electrons. The Morgan fingerprint density at radius 1 is 1.24 bits per heavy atom. The Kier molecular flexibility index (Phi) is 6.04. The van der Waals surface area contributed by atoms with Gasteiger partial charge < -0.3 is 9.80 Å². The molecule has 1 aromatic carbocycles. The molecule has 2 heterocycles. The summed E-state index contributed by atoms with van der Waals surface area (Å²) in [4.78, 5) is 25.3. The van der Waals surface area contributed by atoms with E-state index < -0.39 is 0 Å². The molecular formula is C17H18Cl2N4OS. The summed E-state index contributed by atoms with van der Waals surface area (Å²) >= 11 is 13.7. The lowest BCUT2D eigenvalue weighted by Gasteiger charge is -2.36. The molecule has 0 bridgehead atoms. The Morgan fingerprint density at radius 3 is 2.68 bits per heavy atom. The Bertz CT molecular complexity index is 766. The third-order valence-corrected chi connectivity index (χ3v) is 5.19. The molecule has 3 rings (SSSR count). The van der Waals surface area contributed by atoms with Crippen molar-refractivity contribution in [1.82, 2.24) is 14.9 Å². The summed E-state index contributed by atoms with van der Waals surface area (Å²) in [5, 5.41) is 1.58. The van der Waals surface area contributed by atoms with Crippen LogP contribution in [0, 0.1) is 0 Å². The quantitative estimate of drug-likeness (QED) is 0.579. The first kappa shape index (κ1) is 18.3. The molecule has 25 heavy (non-hydrogen) atoms. The van der Waals surface area contributed by atoms with Crippen LogP contribution < -0.4 is 4.90 Å². The molecule has 1 aliphatic rings. The van der Waals surface area contributed by atoms with Crippen molar-refractivity contribution in [2.45, 2.75) is 12.1 Å². The number of hydrogen-bond acceptors (Lipinski definition) is 5. The lowest BCUT2D eigenvalue weighted by atomic mass is 10.2. The monoisotopic (exact) mass is 396 g/mol. The van der Waals surface area contributed by atoms with E-state index in [1.165, 1.54) is 18.0 Å². The van der Waals surface area contributed by atoms with Gasteiger partial charge in [0.05, 0.1) is 11.2 Å². The van der Waals surface area contributed by atoms with Gasteiger partial charge in [-0.25, -0.2) is 9.97 Å². The summed E-state index contributed by atoms with van der Waals surface area (Å²) in [5.41, 5.74) is 1.35. The number of halogens is 2. The number of anilines is 1. The summed E-state index contributed by atoms with van der Waals surface area (Å²) in [5.74, 6) is 0.698. The number of carbonyl (C=O) groups is 1. The minimum absolute atomic E-state index is 0.143. The molecule has 1 fully saturated rings. The van der Waals surface area contributed by atoms with E-state index >= 15 is 0 Å². The van der Waals surface area contributed by atoms with Gasteiger partial charge in [0.2, 0.25) is 0 Å². The van der Waals surface area contributed by atoms with Gasteiger partial charge in [-0.05, 0) is 24.0 Å². The topological polar surface area (TPSA) is 49.3 Å². The number of carbonyl (C=O) groups excluding carboxylic acids is 1. The van der Waals surface area contributed by atoms with Gasteiger partial charge in [-0.3, -0.25) is 4.79 Å². The smallest absolute Gasteiger partial charge is 0.274 e. The van der Waals surface area contributed by atoms with Gasteiger partial charge in [0, 0.05) is 36.9 Å². The van der Waals surface area contributed by atoms with Crippen LogP contribution in [0.15, 0.2) is 35.6 Å². The van der Waals surface area contributed by atoms with Crippen molar-refractivity contribution in [3.05, 3.63) is 46.2 Å². The minimum Gasteiger partial charge on any atom is -0.368 e. The van der Waals surface area contributed by atoms with Crippen molar-refractivity contribution in [1.29, 1.82) is 0 Å². The Morgan fingerprint density at radius 2 is 2.00 bits per heavy atom. The molecule has 0 N–H and O–H groups in total. The first-order valence-corrected chi connectivity index (χ1v) is 9.77. The van der Waals surface area contributed by atoms with Crippen molar-refractivity contribution in [3.8, 4) is 0 Å². The van der Waals surface area contributed by atoms with Gasteiger partial charge in [-0.15, -0.1) is 0 Å². The molecule has 0 radical (unpaired) electrons. The fourth-order valence-corrected chi connectivity index (χ4v) is 3.59. The van der Waals surface area contributed by atoms with Crippen LogP contribution in [0.25, 0.3) is 0 Å². The average Bonchev–Trinajstić information content (AvgIpc) is 2.63. The Balaban J connectivity index is 1.68. The van der Waals surface area contributed by atoms with Gasteiger partial charge in [0.25, 0.3) is 5.91 Å². The SMILES string of the molecule is CCSc1ncc(Cl)c(C(=O)N2CCN(c3cccc(Cl)c3)CC2)n1. The number of aromatic nitrogens is 2. The number of hydrogen-bond donors (Lipinski definition) is 0. The average molecular weight is 397 g/mol. The van der Waals surface area contributed by atoms with Gasteiger partial charge in [-0.1, -0.05) is 48.0 Å². The maximum atomic E-state index is 12.8. The lowest BCUT2D eigenvalue weighted by molar-refractivity contribution is 0.0740. The summed E-state index contributed by atoms with van der Waals surface area (Å²) in [6, 6.07) is 7.75. The standard InChI is InChI=1S/C17H18Cl2N4OS/c1-2-25-17-20-11-14(19)15(21-17)16(24)23-8-6-22(7-9-23)13-5-3-4-12(18)10-13/h3-5,10-11H,2,6-9H2,1H3. The van der Waals surface area contributed by atoms with Crippen LogP contribution in [0.4, 0.5) is 5.69 Å². The maximum Gasteiger partial charge on any atom is 0.274 e. The predicted octanol–water partition coefficient (Wildman–Crippen LogP) is 3.86. The molecule has 0 atom stereocenters. The highest BCUT2D eigenvalue weighted by molar-refractivity contribution is 7.99. The molecule has 1 amide bonds. The zero-order valence-electron chi connectivity index (χ0n) is 13.8. The van der Waals surface area contributed by atoms with Gasteiger partial charge in [0.15, 0.2) is 10.9 Å². The second-order valence-corrected chi connectivity index (χ2v) is 7.62. The third kappa shape index (κ3) is 4.37. The van der Waals surface area contributed by atoms with Crippen molar-refractivity contribution in [2.75, 3.05) is 36.8 Å². The van der Waals surface area contributed by atoms with Gasteiger partial charge in [-0.2, -0.15) is 0 Å². The molecule has 5 nitrogen and oxygen atoms in total. The van der Waals surface area contributed by atoms with Crippen LogP contribution in [0.3, 0.4) is 0 Å². The summed E-state index contributed by atoms with van der Waals surface area (Å²) in [6.07, 6.45) is 1.50. The van der Waals surface area contributed by atoms with Crippen molar-refractivity contribution < 1.29 is 4.79 Å². The second-order valence-electron chi connectivity index (χ2n) is 5.54. The Hall–Kier alpha value is -1.50. The molecule has 1 aromatic heterocycles. The van der Waals surface area contributed by atoms with Crippen LogP contribution >= 0.6 is 35.0 Å². The number of benzene rings is 1. The van der Waals surface area contributed by atoms with E-state index in [4.69, 9.17) is 23.2 Å². The number of rotatable bonds is 4. The normalized spacial score (nSPS) is 14.7. The largest absolute Gasteiger partial charge is 0.368 e. The molecular weight excluding hydrogens is 379 g/mol. The van der Waals surface area contributed by atoms with E-state index in [0.29, 0.717) is 28.3 Å². The number of nitrogens with zero attached hydrogens (tertiary/aromatic N) is 4. The number of amides is 1. The Labute approximate surface area is 161 Å². The fourth-order valence-electron chi connectivity index (χ4n) is 2.69. The van der Waals surface area contributed by atoms with Crippen LogP contribution in [0.2, 0.25) is 10.0 Å². The van der Waals surface area contributed by atoms with E-state index in [1.807, 2.05) is 31.2 Å². The second kappa shape index (κ2) is 8.25. The molecule has 2 aromatic rings. The highest BCUT2D eigenvalue weighted by Gasteiger charge is 2.25. The van der Waals surface area contributed by atoms with E-state index in [9.17, 15) is 4.79 Å². The third-order valence-electron chi connectivity index (χ3n) is 3.94. The number of thioether (sulfide) groups is 1. The van der Waals surface area contributed by atoms with E-state index in [-0.39, 0.29) is 11.6 Å². The predicted molar refractivity (Wildman–Crippen MR) is 103 cm³/mol. The van der Waals surface area contributed by atoms with Crippen LogP contribution in [-0.2, 0) is 0 Å². The lowest BCUT2D eigenvalue weighted by Crippen LogP contribution is -2.49. The van der Waals surface area contributed by atoms with Crippen LogP contribution in [0.1, 0.15) is 17.4 Å². The summed E-state index contributed by atoms with van der Waals surface area (Å²) in [7, 11) is 0. The first-order valence-electron chi connectivity index (χ1n) is 8.03. The molecule has 0 aliphatic carbocycles. The highest BCUT2D eigenvalue weighted by Crippen LogP contribution is 2.23. The van der Waals surface area contributed by atoms with Crippen LogP contribution in [-0.4, -0.2) is 52.7 Å². The molecule has 1 saturated heterocycles. The summed E-state index contributed by atoms with van der Waals surface area (Å²) in [6.45, 7) is 4.72. The molecule has 1 aliphatic heterocycles. The fraction of sp³-hybridized carbons (Fsp3) is 0.353. The highest BCUT2D eigenvalue weighted by atomic mass is 35.5. The number of piperazine rings is 1. The van der Waals surface area contributed by atoms with Crippen molar-refractivity contribution in [2.24, 2.45) is 0 Å². The minimum atomic E-state index is -0.143. The maximum absolute atomic E-state index is 12.8. The van der Waals surface area contributed by atoms with E-state index in [1.54, 1.807) is 4.90 Å². The zero-order chi connectivity index (χ0) is 17.8.